The minimum atomic E-state index is -2.75. The Morgan fingerprint density at radius 2 is 2.00 bits per heavy atom. The van der Waals surface area contributed by atoms with Gasteiger partial charge in [0, 0.05) is 18.0 Å². The third-order valence-corrected chi connectivity index (χ3v) is 1.88. The second kappa shape index (κ2) is 4.20. The van der Waals surface area contributed by atoms with Gasteiger partial charge in [-0.05, 0) is 35.8 Å². The Labute approximate surface area is 100 Å². The van der Waals surface area contributed by atoms with Crippen molar-refractivity contribution < 1.29 is 18.4 Å². The number of aromatic nitrogens is 1. The number of aliphatic hydroxyl groups is 1. The van der Waals surface area contributed by atoms with E-state index in [0.717, 1.165) is 18.3 Å². The largest absolute Gasteiger partial charge is 0.508 e. The molecule has 0 atom stereocenters. The fourth-order valence-corrected chi connectivity index (χ4v) is 1.15. The lowest BCUT2D eigenvalue weighted by molar-refractivity contribution is 0.281. The first-order chi connectivity index (χ1) is 10.1. The quantitative estimate of drug-likeness (QED) is 0.799. The first-order valence-electron chi connectivity index (χ1n) is 7.31. The summed E-state index contributed by atoms with van der Waals surface area (Å²) in [4.78, 5) is 11.9. The van der Waals surface area contributed by atoms with Crippen LogP contribution in [0.2, 0.25) is 0 Å². The third kappa shape index (κ3) is 1.97. The molecular weight excluding hydrogens is 206 g/mol. The number of aromatic hydroxyl groups is 1. The lowest BCUT2D eigenvalue weighted by Gasteiger charge is -2.06. The Balaban J connectivity index is 2.86. The minimum absolute atomic E-state index is 0.294. The van der Waals surface area contributed by atoms with Crippen molar-refractivity contribution in [3.63, 3.8) is 0 Å². The van der Waals surface area contributed by atoms with E-state index in [4.69, 9.17) is 8.22 Å². The lowest BCUT2D eigenvalue weighted by atomic mass is 10.2. The average molecular weight is 223 g/mol. The van der Waals surface area contributed by atoms with E-state index in [9.17, 15) is 15.0 Å². The van der Waals surface area contributed by atoms with E-state index in [1.54, 1.807) is 0 Å². The summed E-state index contributed by atoms with van der Waals surface area (Å²) >= 11 is 0. The molecule has 1 heterocycles. The molecule has 4 nitrogen and oxygen atoms in total. The molecule has 0 spiro atoms. The van der Waals surface area contributed by atoms with E-state index in [0.29, 0.717) is 4.57 Å². The maximum atomic E-state index is 11.9. The molecule has 0 amide bonds. The van der Waals surface area contributed by atoms with Crippen LogP contribution < -0.4 is 5.56 Å². The van der Waals surface area contributed by atoms with Gasteiger partial charge in [-0.3, -0.25) is 9.36 Å². The maximum absolute atomic E-state index is 11.9. The molecule has 0 saturated carbocycles. The minimum Gasteiger partial charge on any atom is -0.508 e. The van der Waals surface area contributed by atoms with Gasteiger partial charge in [-0.15, -0.1) is 0 Å². The van der Waals surface area contributed by atoms with E-state index in [1.807, 2.05) is 0 Å². The zero-order valence-electron chi connectivity index (χ0n) is 14.0. The SMILES string of the molecule is [2H]c1c([2H])c(-n2cc(C([2H])([2H])O)ccc2=O)c([2H])c([2H])c1O. The van der Waals surface area contributed by atoms with E-state index < -0.39 is 47.7 Å². The van der Waals surface area contributed by atoms with E-state index in [1.165, 1.54) is 0 Å². The van der Waals surface area contributed by atoms with Crippen LogP contribution >= 0.6 is 0 Å². The summed E-state index contributed by atoms with van der Waals surface area (Å²) in [6.45, 7) is -2.75. The number of hydrogen-bond acceptors (Lipinski definition) is 3. The fraction of sp³-hybridized carbons (Fsp3) is 0.0833. The Morgan fingerprint density at radius 3 is 2.62 bits per heavy atom. The zero-order valence-corrected chi connectivity index (χ0v) is 7.98. The van der Waals surface area contributed by atoms with Crippen LogP contribution in [-0.4, -0.2) is 14.8 Å². The number of rotatable bonds is 2. The van der Waals surface area contributed by atoms with Crippen molar-refractivity contribution in [2.75, 3.05) is 0 Å². The molecule has 1 aromatic heterocycles. The highest BCUT2D eigenvalue weighted by atomic mass is 16.3. The first kappa shape index (κ1) is 5.32. The smallest absolute Gasteiger partial charge is 0.255 e. The molecule has 2 N–H and O–H groups in total. The molecule has 82 valence electrons. The molecular formula is C12H11NO3. The van der Waals surface area contributed by atoms with Gasteiger partial charge in [-0.2, -0.15) is 0 Å². The number of phenolic OH excluding ortho intramolecular Hbond substituents is 1. The zero-order chi connectivity index (χ0) is 16.8. The van der Waals surface area contributed by atoms with Gasteiger partial charge in [0.05, 0.1) is 14.8 Å². The summed E-state index contributed by atoms with van der Waals surface area (Å²) in [6.07, 6.45) is 0.893. The Hall–Kier alpha value is -2.07. The van der Waals surface area contributed by atoms with Crippen LogP contribution in [0.4, 0.5) is 0 Å². The highest BCUT2D eigenvalue weighted by Gasteiger charge is 2.00. The molecule has 0 saturated heterocycles. The second-order valence-electron chi connectivity index (χ2n) is 2.94. The van der Waals surface area contributed by atoms with Crippen molar-refractivity contribution in [3.05, 3.63) is 58.4 Å². The number of hydrogen-bond donors (Lipinski definition) is 2. The highest BCUT2D eigenvalue weighted by Crippen LogP contribution is 2.12. The first-order valence-corrected chi connectivity index (χ1v) is 4.31. The summed E-state index contributed by atoms with van der Waals surface area (Å²) in [5, 5.41) is 18.8. The number of phenols is 1. The average Bonchev–Trinajstić information content (AvgIpc) is 2.44. The van der Waals surface area contributed by atoms with Gasteiger partial charge in [-0.1, -0.05) is 0 Å². The molecule has 0 radical (unpaired) electrons. The number of benzene rings is 1. The summed E-state index contributed by atoms with van der Waals surface area (Å²) < 4.78 is 45.8. The van der Waals surface area contributed by atoms with E-state index in [2.05, 4.69) is 0 Å². The second-order valence-corrected chi connectivity index (χ2v) is 2.94. The van der Waals surface area contributed by atoms with E-state index >= 15 is 0 Å². The highest BCUT2D eigenvalue weighted by molar-refractivity contribution is 5.37. The van der Waals surface area contributed by atoms with Crippen molar-refractivity contribution >= 4 is 0 Å². The summed E-state index contributed by atoms with van der Waals surface area (Å²) in [5.41, 5.74) is -1.47. The van der Waals surface area contributed by atoms with Gasteiger partial charge in [0.2, 0.25) is 0 Å². The monoisotopic (exact) mass is 223 g/mol. The molecule has 0 aliphatic rings. The topological polar surface area (TPSA) is 62.5 Å². The summed E-state index contributed by atoms with van der Waals surface area (Å²) in [5.74, 6) is -0.847. The molecule has 4 heteroatoms. The molecule has 0 bridgehead atoms. The lowest BCUT2D eigenvalue weighted by Crippen LogP contribution is -2.16. The molecule has 16 heavy (non-hydrogen) atoms. The van der Waals surface area contributed by atoms with Crippen molar-refractivity contribution in [3.8, 4) is 11.4 Å². The molecule has 0 aliphatic carbocycles. The fourth-order valence-electron chi connectivity index (χ4n) is 1.15. The van der Waals surface area contributed by atoms with Crippen LogP contribution in [0.5, 0.6) is 5.75 Å². The van der Waals surface area contributed by atoms with Crippen LogP contribution in [0, 0.1) is 0 Å². The third-order valence-electron chi connectivity index (χ3n) is 1.88. The summed E-state index contributed by atoms with van der Waals surface area (Å²) in [7, 11) is 0. The van der Waals surface area contributed by atoms with Crippen molar-refractivity contribution in [1.29, 1.82) is 0 Å². The van der Waals surface area contributed by atoms with Crippen LogP contribution in [-0.2, 0) is 6.56 Å². The van der Waals surface area contributed by atoms with Crippen LogP contribution in [0.3, 0.4) is 0 Å². The molecule has 2 aromatic rings. The predicted octanol–water partition coefficient (Wildman–Crippen LogP) is 1.04. The van der Waals surface area contributed by atoms with Gasteiger partial charge in [0.15, 0.2) is 0 Å². The molecule has 1 aromatic carbocycles. The number of nitrogens with zero attached hydrogens (tertiary/aromatic N) is 1. The standard InChI is InChI=1S/C12H11NO3/c14-8-9-1-6-12(16)13(7-9)10-2-4-11(15)5-3-10/h1-7,14-15H,8H2/i2D,3D,4D,5D,8D2. The molecule has 0 aliphatic heterocycles. The van der Waals surface area contributed by atoms with Crippen molar-refractivity contribution in [1.82, 2.24) is 4.57 Å². The van der Waals surface area contributed by atoms with Gasteiger partial charge < -0.3 is 10.2 Å². The normalized spacial score (nSPS) is 16.6. The Morgan fingerprint density at radius 1 is 1.31 bits per heavy atom. The van der Waals surface area contributed by atoms with Crippen LogP contribution in [0.25, 0.3) is 5.69 Å². The summed E-state index contributed by atoms with van der Waals surface area (Å²) in [6, 6.07) is -0.772. The van der Waals surface area contributed by atoms with Crippen LogP contribution in [0.1, 0.15) is 13.8 Å². The number of pyridine rings is 1. The predicted molar refractivity (Wildman–Crippen MR) is 59.6 cm³/mol. The van der Waals surface area contributed by atoms with Gasteiger partial charge in [0.1, 0.15) is 5.75 Å². The Bertz CT molecular complexity index is 783. The Kier molecular flexibility index (Phi) is 1.40. The van der Waals surface area contributed by atoms with Crippen molar-refractivity contribution in [2.24, 2.45) is 0 Å². The van der Waals surface area contributed by atoms with Crippen molar-refractivity contribution in [2.45, 2.75) is 6.56 Å². The van der Waals surface area contributed by atoms with Gasteiger partial charge in [0.25, 0.3) is 5.56 Å². The molecule has 0 fully saturated rings. The van der Waals surface area contributed by atoms with Crippen LogP contribution in [0.15, 0.2) is 47.3 Å². The maximum Gasteiger partial charge on any atom is 0.255 e. The van der Waals surface area contributed by atoms with Gasteiger partial charge in [-0.25, -0.2) is 0 Å². The van der Waals surface area contributed by atoms with E-state index in [-0.39, 0.29) is 5.56 Å². The molecule has 2 rings (SSSR count). The van der Waals surface area contributed by atoms with Gasteiger partial charge >= 0.3 is 0 Å². The molecule has 0 unspecified atom stereocenters.